The standard InChI is InChI=1S/C25H31NO7/c1-2-5-17-20(6-3-7-21(17)33-15-23(27)28)31-12-4-13-32-22-11-10-18(25(26)30)24(29)19(22)14-16-8-9-16/h3,6-7,10-11,16,29H,2,4-5,8-9,12-15H2,1H3,(H2,26,30)(H,27,28). The maximum Gasteiger partial charge on any atom is 0.341 e. The fourth-order valence-corrected chi connectivity index (χ4v) is 3.63. The average Bonchev–Trinajstić information content (AvgIpc) is 3.59. The zero-order valence-corrected chi connectivity index (χ0v) is 18.8. The van der Waals surface area contributed by atoms with Crippen molar-refractivity contribution in [3.8, 4) is 23.0 Å². The minimum atomic E-state index is -1.03. The maximum atomic E-state index is 11.6. The topological polar surface area (TPSA) is 128 Å². The molecule has 0 radical (unpaired) electrons. The lowest BCUT2D eigenvalue weighted by Gasteiger charge is -2.16. The number of aliphatic carboxylic acids is 1. The molecule has 2 aromatic rings. The van der Waals surface area contributed by atoms with Gasteiger partial charge in [0.2, 0.25) is 0 Å². The summed E-state index contributed by atoms with van der Waals surface area (Å²) < 4.78 is 17.2. The van der Waals surface area contributed by atoms with Gasteiger partial charge in [-0.15, -0.1) is 0 Å². The zero-order valence-electron chi connectivity index (χ0n) is 18.8. The summed E-state index contributed by atoms with van der Waals surface area (Å²) in [7, 11) is 0. The van der Waals surface area contributed by atoms with Crippen LogP contribution in [0.3, 0.4) is 0 Å². The van der Waals surface area contributed by atoms with E-state index >= 15 is 0 Å². The number of nitrogens with two attached hydrogens (primary N) is 1. The van der Waals surface area contributed by atoms with Crippen molar-refractivity contribution < 1.29 is 34.0 Å². The van der Waals surface area contributed by atoms with Gasteiger partial charge < -0.3 is 30.2 Å². The largest absolute Gasteiger partial charge is 0.507 e. The van der Waals surface area contributed by atoms with E-state index in [4.69, 9.17) is 25.1 Å². The zero-order chi connectivity index (χ0) is 23.8. The fraction of sp³-hybridized carbons (Fsp3) is 0.440. The highest BCUT2D eigenvalue weighted by Crippen LogP contribution is 2.40. The van der Waals surface area contributed by atoms with E-state index in [1.54, 1.807) is 18.2 Å². The van der Waals surface area contributed by atoms with Crippen LogP contribution < -0.4 is 19.9 Å². The van der Waals surface area contributed by atoms with Gasteiger partial charge in [0.05, 0.1) is 18.8 Å². The average molecular weight is 458 g/mol. The minimum Gasteiger partial charge on any atom is -0.507 e. The fourth-order valence-electron chi connectivity index (χ4n) is 3.63. The summed E-state index contributed by atoms with van der Waals surface area (Å²) in [6, 6.07) is 8.53. The molecule has 33 heavy (non-hydrogen) atoms. The van der Waals surface area contributed by atoms with Crippen molar-refractivity contribution in [2.24, 2.45) is 11.7 Å². The number of rotatable bonds is 14. The van der Waals surface area contributed by atoms with Gasteiger partial charge in [0.1, 0.15) is 23.0 Å². The number of carbonyl (C=O) groups excluding carboxylic acids is 1. The summed E-state index contributed by atoms with van der Waals surface area (Å²) in [5, 5.41) is 19.4. The van der Waals surface area contributed by atoms with Gasteiger partial charge in [0, 0.05) is 17.5 Å². The predicted octanol–water partition coefficient (Wildman–Crippen LogP) is 3.71. The lowest BCUT2D eigenvalue weighted by atomic mass is 10.0. The lowest BCUT2D eigenvalue weighted by Crippen LogP contribution is -2.13. The second-order valence-corrected chi connectivity index (χ2v) is 8.17. The molecule has 4 N–H and O–H groups in total. The van der Waals surface area contributed by atoms with Crippen LogP contribution in [0.4, 0.5) is 0 Å². The molecule has 1 saturated carbocycles. The minimum absolute atomic E-state index is 0.0921. The first kappa shape index (κ1) is 24.2. The molecule has 1 fully saturated rings. The van der Waals surface area contributed by atoms with Crippen molar-refractivity contribution in [1.29, 1.82) is 0 Å². The number of primary amides is 1. The van der Waals surface area contributed by atoms with Crippen molar-refractivity contribution in [3.05, 3.63) is 47.0 Å². The van der Waals surface area contributed by atoms with Gasteiger partial charge in [-0.05, 0) is 55.9 Å². The molecule has 0 bridgehead atoms. The summed E-state index contributed by atoms with van der Waals surface area (Å²) >= 11 is 0. The van der Waals surface area contributed by atoms with Crippen LogP contribution in [-0.2, 0) is 17.6 Å². The second-order valence-electron chi connectivity index (χ2n) is 8.17. The molecule has 0 aliphatic heterocycles. The highest BCUT2D eigenvalue weighted by molar-refractivity contribution is 5.96. The molecule has 0 saturated heterocycles. The first-order valence-corrected chi connectivity index (χ1v) is 11.3. The Balaban J connectivity index is 1.58. The molecule has 0 heterocycles. The van der Waals surface area contributed by atoms with E-state index in [0.717, 1.165) is 24.8 Å². The van der Waals surface area contributed by atoms with E-state index in [-0.39, 0.29) is 11.3 Å². The number of amides is 1. The summed E-state index contributed by atoms with van der Waals surface area (Å²) in [6.45, 7) is 2.38. The van der Waals surface area contributed by atoms with E-state index in [1.807, 2.05) is 13.0 Å². The van der Waals surface area contributed by atoms with Gasteiger partial charge in [-0.1, -0.05) is 19.4 Å². The van der Waals surface area contributed by atoms with Crippen LogP contribution in [-0.4, -0.2) is 41.9 Å². The molecule has 1 aliphatic rings. The number of hydrogen-bond donors (Lipinski definition) is 3. The molecule has 1 amide bonds. The second kappa shape index (κ2) is 11.4. The summed E-state index contributed by atoms with van der Waals surface area (Å²) in [6.07, 6.45) is 5.01. The molecule has 0 atom stereocenters. The van der Waals surface area contributed by atoms with Crippen LogP contribution in [0.2, 0.25) is 0 Å². The van der Waals surface area contributed by atoms with Gasteiger partial charge in [0.15, 0.2) is 6.61 Å². The first-order valence-electron chi connectivity index (χ1n) is 11.3. The Morgan fingerprint density at radius 3 is 2.21 bits per heavy atom. The van der Waals surface area contributed by atoms with Gasteiger partial charge in [-0.2, -0.15) is 0 Å². The Labute approximate surface area is 193 Å². The van der Waals surface area contributed by atoms with Crippen LogP contribution >= 0.6 is 0 Å². The Bertz CT molecular complexity index is 985. The molecule has 1 aliphatic carbocycles. The molecule has 8 heteroatoms. The number of carboxylic acid groups (broad SMARTS) is 1. The third-order valence-electron chi connectivity index (χ3n) is 5.44. The molecule has 0 aromatic heterocycles. The van der Waals surface area contributed by atoms with Crippen LogP contribution in [0.1, 0.15) is 54.1 Å². The number of carboxylic acids is 1. The van der Waals surface area contributed by atoms with Gasteiger partial charge in [-0.3, -0.25) is 4.79 Å². The van der Waals surface area contributed by atoms with E-state index in [9.17, 15) is 14.7 Å². The normalized spacial score (nSPS) is 12.9. The molecule has 8 nitrogen and oxygen atoms in total. The number of hydrogen-bond acceptors (Lipinski definition) is 6. The van der Waals surface area contributed by atoms with E-state index in [0.29, 0.717) is 61.2 Å². The molecule has 0 spiro atoms. The van der Waals surface area contributed by atoms with Crippen LogP contribution in [0.25, 0.3) is 0 Å². The van der Waals surface area contributed by atoms with Crippen molar-refractivity contribution in [2.45, 2.75) is 45.4 Å². The Morgan fingerprint density at radius 2 is 1.64 bits per heavy atom. The Hall–Kier alpha value is -3.42. The van der Waals surface area contributed by atoms with Crippen molar-refractivity contribution in [3.63, 3.8) is 0 Å². The molecular weight excluding hydrogens is 426 g/mol. The quantitative estimate of drug-likeness (QED) is 0.369. The van der Waals surface area contributed by atoms with Gasteiger partial charge >= 0.3 is 5.97 Å². The summed E-state index contributed by atoms with van der Waals surface area (Å²) in [5.74, 6) is 0.446. The number of phenols is 1. The lowest BCUT2D eigenvalue weighted by molar-refractivity contribution is -0.139. The third kappa shape index (κ3) is 6.78. The van der Waals surface area contributed by atoms with Crippen LogP contribution in [0.5, 0.6) is 23.0 Å². The number of ether oxygens (including phenoxy) is 3. The SMILES string of the molecule is CCCc1c(OCCCOc2ccc(C(N)=O)c(O)c2CC2CC2)cccc1OCC(=O)O. The van der Waals surface area contributed by atoms with Crippen LogP contribution in [0, 0.1) is 5.92 Å². The maximum absolute atomic E-state index is 11.6. The first-order chi connectivity index (χ1) is 15.9. The number of benzene rings is 2. The van der Waals surface area contributed by atoms with Gasteiger partial charge in [0.25, 0.3) is 5.91 Å². The molecule has 2 aromatic carbocycles. The number of carbonyl (C=O) groups is 2. The highest BCUT2D eigenvalue weighted by atomic mass is 16.5. The molecule has 0 unspecified atom stereocenters. The molecular formula is C25H31NO7. The van der Waals surface area contributed by atoms with Crippen molar-refractivity contribution >= 4 is 11.9 Å². The Kier molecular flexibility index (Phi) is 8.40. The van der Waals surface area contributed by atoms with E-state index in [2.05, 4.69) is 0 Å². The monoisotopic (exact) mass is 457 g/mol. The predicted molar refractivity (Wildman–Crippen MR) is 122 cm³/mol. The summed E-state index contributed by atoms with van der Waals surface area (Å²) in [4.78, 5) is 22.4. The number of aromatic hydroxyl groups is 1. The van der Waals surface area contributed by atoms with E-state index in [1.165, 1.54) is 6.07 Å². The summed E-state index contributed by atoms with van der Waals surface area (Å²) in [5.41, 5.74) is 6.94. The third-order valence-corrected chi connectivity index (χ3v) is 5.44. The highest BCUT2D eigenvalue weighted by Gasteiger charge is 2.26. The van der Waals surface area contributed by atoms with Crippen LogP contribution in [0.15, 0.2) is 30.3 Å². The van der Waals surface area contributed by atoms with Crippen molar-refractivity contribution in [2.75, 3.05) is 19.8 Å². The molecule has 178 valence electrons. The molecule has 3 rings (SSSR count). The van der Waals surface area contributed by atoms with Crippen molar-refractivity contribution in [1.82, 2.24) is 0 Å². The Morgan fingerprint density at radius 1 is 1.00 bits per heavy atom. The van der Waals surface area contributed by atoms with E-state index < -0.39 is 18.5 Å². The van der Waals surface area contributed by atoms with Gasteiger partial charge in [-0.25, -0.2) is 4.79 Å². The smallest absolute Gasteiger partial charge is 0.341 e.